The van der Waals surface area contributed by atoms with Gasteiger partial charge >= 0.3 is 0 Å². The van der Waals surface area contributed by atoms with Gasteiger partial charge in [0.1, 0.15) is 17.7 Å². The van der Waals surface area contributed by atoms with E-state index in [2.05, 4.69) is 43.9 Å². The van der Waals surface area contributed by atoms with Gasteiger partial charge in [0, 0.05) is 36.7 Å². The molecule has 1 aromatic heterocycles. The van der Waals surface area contributed by atoms with Crippen LogP contribution in [0, 0.1) is 28.6 Å². The van der Waals surface area contributed by atoms with Crippen LogP contribution in [-0.2, 0) is 19.3 Å². The van der Waals surface area contributed by atoms with Crippen molar-refractivity contribution in [1.82, 2.24) is 9.97 Å². The van der Waals surface area contributed by atoms with Gasteiger partial charge in [0.05, 0.1) is 17.3 Å². The Hall–Kier alpha value is -3.12. The van der Waals surface area contributed by atoms with Gasteiger partial charge in [-0.2, -0.15) is 10.5 Å². The normalized spacial score (nSPS) is 21.1. The molecule has 3 atom stereocenters. The van der Waals surface area contributed by atoms with Crippen molar-refractivity contribution >= 4 is 11.5 Å². The molecule has 178 valence electrons. The molecular formula is C28H36N6. The maximum absolute atomic E-state index is 9.98. The van der Waals surface area contributed by atoms with Crippen molar-refractivity contribution in [3.8, 4) is 12.1 Å². The number of fused-ring (bicyclic) bond motifs is 1. The van der Waals surface area contributed by atoms with Crippen molar-refractivity contribution in [1.29, 1.82) is 10.5 Å². The van der Waals surface area contributed by atoms with Gasteiger partial charge in [-0.3, -0.25) is 0 Å². The van der Waals surface area contributed by atoms with E-state index in [1.807, 2.05) is 6.07 Å². The van der Waals surface area contributed by atoms with Crippen molar-refractivity contribution in [3.05, 3.63) is 45.9 Å². The minimum atomic E-state index is 0.143. The lowest BCUT2D eigenvalue weighted by Gasteiger charge is -2.32. The summed E-state index contributed by atoms with van der Waals surface area (Å²) in [6.07, 6.45) is 7.38. The summed E-state index contributed by atoms with van der Waals surface area (Å²) in [5, 5.41) is 19.4. The van der Waals surface area contributed by atoms with Crippen LogP contribution in [0.1, 0.15) is 98.5 Å². The van der Waals surface area contributed by atoms with E-state index in [-0.39, 0.29) is 11.8 Å². The molecule has 0 saturated carbocycles. The second-order valence-corrected chi connectivity index (χ2v) is 9.88. The number of hydrogen-bond donors (Lipinski definition) is 1. The molecule has 1 aromatic carbocycles. The largest absolute Gasteiger partial charge is 0.398 e. The van der Waals surface area contributed by atoms with E-state index in [0.717, 1.165) is 87.4 Å². The van der Waals surface area contributed by atoms with Gasteiger partial charge in [-0.15, -0.1) is 0 Å². The second-order valence-electron chi connectivity index (χ2n) is 9.88. The average Bonchev–Trinajstić information content (AvgIpc) is 3.12. The Kier molecular flexibility index (Phi) is 7.37. The molecule has 2 N–H and O–H groups in total. The summed E-state index contributed by atoms with van der Waals surface area (Å²) in [4.78, 5) is 12.4. The zero-order valence-electron chi connectivity index (χ0n) is 20.8. The molecule has 6 nitrogen and oxygen atoms in total. The number of aryl methyl sites for hydroxylation is 1. The third-order valence-corrected chi connectivity index (χ3v) is 7.80. The molecule has 34 heavy (non-hydrogen) atoms. The van der Waals surface area contributed by atoms with Crippen LogP contribution < -0.4 is 10.6 Å². The van der Waals surface area contributed by atoms with E-state index < -0.39 is 0 Å². The number of rotatable bonds is 5. The molecule has 4 rings (SSSR count). The molecule has 0 amide bonds. The smallest absolute Gasteiger partial charge is 0.135 e. The molecule has 1 aliphatic heterocycles. The zero-order chi connectivity index (χ0) is 24.2. The van der Waals surface area contributed by atoms with Crippen LogP contribution in [-0.4, -0.2) is 23.1 Å². The fourth-order valence-corrected chi connectivity index (χ4v) is 5.62. The Morgan fingerprint density at radius 1 is 1.15 bits per heavy atom. The highest BCUT2D eigenvalue weighted by Gasteiger charge is 2.31. The average molecular weight is 457 g/mol. The topological polar surface area (TPSA) is 103 Å². The number of anilines is 2. The Balaban J connectivity index is 1.73. The van der Waals surface area contributed by atoms with Crippen molar-refractivity contribution in [3.63, 3.8) is 0 Å². The third-order valence-electron chi connectivity index (χ3n) is 7.80. The summed E-state index contributed by atoms with van der Waals surface area (Å²) in [5.74, 6) is 2.71. The van der Waals surface area contributed by atoms with Gasteiger partial charge in [0.2, 0.25) is 0 Å². The lowest BCUT2D eigenvalue weighted by molar-refractivity contribution is 0.552. The van der Waals surface area contributed by atoms with E-state index in [1.165, 1.54) is 11.1 Å². The standard InChI is InChI=1S/C28H36N6/c1-4-18(3)21-10-11-24(31)23(17-30)27(21)20-8-9-22-25(15-20)32-26(5-2)33-28(22)34-13-6-7-19(16-29)12-14-34/h10-11,18-20H,4-9,12-15,31H2,1-3H3. The molecule has 6 heteroatoms. The Morgan fingerprint density at radius 3 is 2.68 bits per heavy atom. The van der Waals surface area contributed by atoms with Crippen LogP contribution >= 0.6 is 0 Å². The predicted octanol–water partition coefficient (Wildman–Crippen LogP) is 5.41. The molecule has 2 aliphatic rings. The van der Waals surface area contributed by atoms with Gasteiger partial charge in [-0.1, -0.05) is 26.8 Å². The van der Waals surface area contributed by atoms with E-state index in [4.69, 9.17) is 15.7 Å². The Bertz CT molecular complexity index is 1130. The first-order valence-electron chi connectivity index (χ1n) is 12.9. The summed E-state index contributed by atoms with van der Waals surface area (Å²) >= 11 is 0. The van der Waals surface area contributed by atoms with E-state index in [1.54, 1.807) is 0 Å². The minimum Gasteiger partial charge on any atom is -0.398 e. The minimum absolute atomic E-state index is 0.143. The number of nitrogens with zero attached hydrogens (tertiary/aromatic N) is 5. The fraction of sp³-hybridized carbons (Fsp3) is 0.571. The van der Waals surface area contributed by atoms with E-state index >= 15 is 0 Å². The zero-order valence-corrected chi connectivity index (χ0v) is 20.8. The van der Waals surface area contributed by atoms with E-state index in [9.17, 15) is 10.5 Å². The monoisotopic (exact) mass is 456 g/mol. The summed E-state index contributed by atoms with van der Waals surface area (Å²) in [6, 6.07) is 8.90. The van der Waals surface area contributed by atoms with Crippen LogP contribution in [0.5, 0.6) is 0 Å². The second kappa shape index (κ2) is 10.4. The lowest BCUT2D eigenvalue weighted by Crippen LogP contribution is -2.29. The van der Waals surface area contributed by atoms with Crippen molar-refractivity contribution in [2.45, 2.75) is 84.0 Å². The molecule has 3 unspecified atom stereocenters. The summed E-state index contributed by atoms with van der Waals surface area (Å²) in [5.41, 5.74) is 12.3. The number of hydrogen-bond acceptors (Lipinski definition) is 6. The first kappa shape index (κ1) is 24.0. The van der Waals surface area contributed by atoms with Crippen molar-refractivity contribution in [2.24, 2.45) is 5.92 Å². The highest BCUT2D eigenvalue weighted by Crippen LogP contribution is 2.42. The molecule has 1 fully saturated rings. The highest BCUT2D eigenvalue weighted by molar-refractivity contribution is 5.63. The van der Waals surface area contributed by atoms with Crippen LogP contribution in [0.3, 0.4) is 0 Å². The summed E-state index contributed by atoms with van der Waals surface area (Å²) in [7, 11) is 0. The number of nitrogen functional groups attached to an aromatic ring is 1. The van der Waals surface area contributed by atoms with Crippen molar-refractivity contribution in [2.75, 3.05) is 23.7 Å². The lowest BCUT2D eigenvalue weighted by atomic mass is 9.76. The number of nitrogens with two attached hydrogens (primary N) is 1. The molecule has 0 bridgehead atoms. The van der Waals surface area contributed by atoms with Crippen LogP contribution in [0.25, 0.3) is 0 Å². The van der Waals surface area contributed by atoms with Gasteiger partial charge < -0.3 is 10.6 Å². The number of aromatic nitrogens is 2. The fourth-order valence-electron chi connectivity index (χ4n) is 5.62. The maximum atomic E-state index is 9.98. The van der Waals surface area contributed by atoms with Crippen LogP contribution in [0.15, 0.2) is 12.1 Å². The molecular weight excluding hydrogens is 420 g/mol. The summed E-state index contributed by atoms with van der Waals surface area (Å²) < 4.78 is 0. The molecule has 1 aliphatic carbocycles. The molecule has 2 aromatic rings. The summed E-state index contributed by atoms with van der Waals surface area (Å²) in [6.45, 7) is 8.35. The Morgan fingerprint density at radius 2 is 1.97 bits per heavy atom. The van der Waals surface area contributed by atoms with Crippen LogP contribution in [0.4, 0.5) is 11.5 Å². The van der Waals surface area contributed by atoms with Gasteiger partial charge in [0.25, 0.3) is 0 Å². The van der Waals surface area contributed by atoms with Gasteiger partial charge in [-0.25, -0.2) is 9.97 Å². The predicted molar refractivity (Wildman–Crippen MR) is 136 cm³/mol. The highest BCUT2D eigenvalue weighted by atomic mass is 15.2. The molecule has 1 saturated heterocycles. The van der Waals surface area contributed by atoms with Gasteiger partial charge in [0.15, 0.2) is 0 Å². The molecule has 0 radical (unpaired) electrons. The van der Waals surface area contributed by atoms with Crippen LogP contribution in [0.2, 0.25) is 0 Å². The first-order valence-corrected chi connectivity index (χ1v) is 12.9. The maximum Gasteiger partial charge on any atom is 0.135 e. The number of nitriles is 2. The van der Waals surface area contributed by atoms with E-state index in [0.29, 0.717) is 17.2 Å². The SMILES string of the molecule is CCc1nc2c(c(N3CCCC(C#N)CC3)n1)CCC(c1c(C(C)CC)ccc(N)c1C#N)C2. The first-order chi connectivity index (χ1) is 16.5. The third kappa shape index (κ3) is 4.60. The quantitative estimate of drug-likeness (QED) is 0.604. The van der Waals surface area contributed by atoms with Crippen molar-refractivity contribution < 1.29 is 0 Å². The Labute approximate surface area is 203 Å². The van der Waals surface area contributed by atoms with Gasteiger partial charge in [-0.05, 0) is 74.0 Å². The molecule has 2 heterocycles. The molecule has 0 spiro atoms. The number of benzene rings is 1.